The summed E-state index contributed by atoms with van der Waals surface area (Å²) in [5.41, 5.74) is 1.95. The highest BCUT2D eigenvalue weighted by atomic mass is 16.5. The van der Waals surface area contributed by atoms with E-state index < -0.39 is 12.1 Å². The van der Waals surface area contributed by atoms with E-state index in [2.05, 4.69) is 10.6 Å². The summed E-state index contributed by atoms with van der Waals surface area (Å²) in [4.78, 5) is 44.2. The third-order valence-electron chi connectivity index (χ3n) is 9.17. The summed E-state index contributed by atoms with van der Waals surface area (Å²) in [6.07, 6.45) is 1.85. The number of benzene rings is 4. The van der Waals surface area contributed by atoms with Gasteiger partial charge in [-0.2, -0.15) is 0 Å². The molecule has 0 aliphatic carbocycles. The van der Waals surface area contributed by atoms with Gasteiger partial charge in [0, 0.05) is 49.3 Å². The van der Waals surface area contributed by atoms with E-state index in [9.17, 15) is 19.5 Å². The Morgan fingerprint density at radius 2 is 1.70 bits per heavy atom. The van der Waals surface area contributed by atoms with Crippen molar-refractivity contribution in [3.8, 4) is 5.75 Å². The molecule has 0 fully saturated rings. The van der Waals surface area contributed by atoms with E-state index in [4.69, 9.17) is 9.47 Å². The van der Waals surface area contributed by atoms with Gasteiger partial charge in [0.05, 0.1) is 36.1 Å². The van der Waals surface area contributed by atoms with Crippen LogP contribution in [0.25, 0.3) is 10.8 Å². The molecule has 0 bridgehead atoms. The van der Waals surface area contributed by atoms with Gasteiger partial charge in [-0.15, -0.1) is 0 Å². The van der Waals surface area contributed by atoms with Crippen molar-refractivity contribution < 1.29 is 29.0 Å². The van der Waals surface area contributed by atoms with Gasteiger partial charge in [0.1, 0.15) is 5.75 Å². The van der Waals surface area contributed by atoms with Crippen molar-refractivity contribution in [2.24, 2.45) is 5.92 Å². The summed E-state index contributed by atoms with van der Waals surface area (Å²) in [7, 11) is 1.76. The summed E-state index contributed by atoms with van der Waals surface area (Å²) < 4.78 is 12.7. The number of aliphatic hydroxyl groups excluding tert-OH is 1. The van der Waals surface area contributed by atoms with Gasteiger partial charge >= 0.3 is 6.03 Å². The Labute approximate surface area is 294 Å². The molecule has 4 aromatic carbocycles. The number of urea groups is 1. The van der Waals surface area contributed by atoms with Crippen LogP contribution in [0.5, 0.6) is 5.75 Å². The van der Waals surface area contributed by atoms with Gasteiger partial charge in [0.25, 0.3) is 11.8 Å². The summed E-state index contributed by atoms with van der Waals surface area (Å²) >= 11 is 0. The minimum Gasteiger partial charge on any atom is -0.490 e. The second-order valence-electron chi connectivity index (χ2n) is 13.2. The SMILES string of the molecule is C[C@@H]1CCCCO[C@H](CN(C)C(=O)c2ccccc2)[C@@H](C)CN([C@@H](C)CO)C(=O)c2cc(NC(=O)Nc3cccc4ccccc34)ccc2O1. The highest BCUT2D eigenvalue weighted by Gasteiger charge is 2.31. The largest absolute Gasteiger partial charge is 0.490 e. The maximum absolute atomic E-state index is 14.5. The number of rotatable bonds is 7. The van der Waals surface area contributed by atoms with Crippen molar-refractivity contribution >= 4 is 40.0 Å². The lowest BCUT2D eigenvalue weighted by Gasteiger charge is -2.36. The minimum atomic E-state index is -0.529. The van der Waals surface area contributed by atoms with Crippen LogP contribution in [0.1, 0.15) is 60.7 Å². The van der Waals surface area contributed by atoms with Crippen molar-refractivity contribution in [2.45, 2.75) is 58.3 Å². The molecule has 0 saturated carbocycles. The summed E-state index contributed by atoms with van der Waals surface area (Å²) in [6, 6.07) is 26.7. The molecule has 0 unspecified atom stereocenters. The van der Waals surface area contributed by atoms with Crippen LogP contribution in [-0.2, 0) is 4.74 Å². The summed E-state index contributed by atoms with van der Waals surface area (Å²) in [5.74, 6) is -0.244. The zero-order valence-electron chi connectivity index (χ0n) is 29.3. The second-order valence-corrected chi connectivity index (χ2v) is 13.2. The molecule has 0 saturated heterocycles. The number of hydrogen-bond donors (Lipinski definition) is 3. The molecule has 1 heterocycles. The number of ether oxygens (including phenoxy) is 2. The molecule has 0 radical (unpaired) electrons. The lowest BCUT2D eigenvalue weighted by Crippen LogP contribution is -2.48. The number of fused-ring (bicyclic) bond motifs is 2. The molecule has 3 N–H and O–H groups in total. The molecule has 10 heteroatoms. The Balaban J connectivity index is 1.40. The normalized spacial score (nSPS) is 19.4. The van der Waals surface area contributed by atoms with Crippen molar-refractivity contribution in [3.05, 3.63) is 102 Å². The molecule has 4 atom stereocenters. The van der Waals surface area contributed by atoms with E-state index in [0.29, 0.717) is 35.8 Å². The van der Waals surface area contributed by atoms with Crippen LogP contribution in [0.4, 0.5) is 16.2 Å². The van der Waals surface area contributed by atoms with Crippen LogP contribution in [0.15, 0.2) is 91.0 Å². The highest BCUT2D eigenvalue weighted by molar-refractivity contribution is 6.07. The molecule has 0 spiro atoms. The fourth-order valence-electron chi connectivity index (χ4n) is 6.24. The Bertz CT molecular complexity index is 1760. The summed E-state index contributed by atoms with van der Waals surface area (Å²) in [5, 5.41) is 18.0. The molecular formula is C40H48N4O6. The number of aliphatic hydroxyl groups is 1. The molecule has 10 nitrogen and oxygen atoms in total. The van der Waals surface area contributed by atoms with Crippen molar-refractivity contribution in [1.29, 1.82) is 0 Å². The first-order valence-electron chi connectivity index (χ1n) is 17.3. The number of anilines is 2. The third-order valence-corrected chi connectivity index (χ3v) is 9.17. The molecule has 4 aromatic rings. The molecule has 50 heavy (non-hydrogen) atoms. The first-order valence-corrected chi connectivity index (χ1v) is 17.3. The second kappa shape index (κ2) is 17.1. The van der Waals surface area contributed by atoms with E-state index >= 15 is 0 Å². The maximum atomic E-state index is 14.5. The quantitative estimate of drug-likeness (QED) is 0.192. The van der Waals surface area contributed by atoms with Crippen molar-refractivity contribution in [1.82, 2.24) is 9.80 Å². The number of nitrogens with one attached hydrogen (secondary N) is 2. The first-order chi connectivity index (χ1) is 24.1. The van der Waals surface area contributed by atoms with Crippen LogP contribution in [0.2, 0.25) is 0 Å². The summed E-state index contributed by atoms with van der Waals surface area (Å²) in [6.45, 7) is 6.59. The zero-order valence-corrected chi connectivity index (χ0v) is 29.3. The number of nitrogens with zero attached hydrogens (tertiary/aromatic N) is 2. The number of hydrogen-bond acceptors (Lipinski definition) is 6. The predicted molar refractivity (Wildman–Crippen MR) is 197 cm³/mol. The van der Waals surface area contributed by atoms with Crippen LogP contribution >= 0.6 is 0 Å². The minimum absolute atomic E-state index is 0.109. The van der Waals surface area contributed by atoms with Gasteiger partial charge in [0.15, 0.2) is 0 Å². The Kier molecular flexibility index (Phi) is 12.5. The third kappa shape index (κ3) is 9.19. The Hall–Kier alpha value is -4.93. The van der Waals surface area contributed by atoms with Gasteiger partial charge in [-0.1, -0.05) is 61.5 Å². The zero-order chi connectivity index (χ0) is 35.6. The first kappa shape index (κ1) is 36.4. The van der Waals surface area contributed by atoms with Gasteiger partial charge in [0.2, 0.25) is 0 Å². The van der Waals surface area contributed by atoms with Crippen LogP contribution in [-0.4, -0.2) is 84.4 Å². The maximum Gasteiger partial charge on any atom is 0.323 e. The number of carbonyl (C=O) groups is 3. The highest BCUT2D eigenvalue weighted by Crippen LogP contribution is 2.29. The number of amides is 4. The molecule has 5 rings (SSSR count). The van der Waals surface area contributed by atoms with Crippen LogP contribution < -0.4 is 15.4 Å². The average molecular weight is 681 g/mol. The lowest BCUT2D eigenvalue weighted by molar-refractivity contribution is -0.0149. The van der Waals surface area contributed by atoms with Crippen LogP contribution in [0.3, 0.4) is 0 Å². The fourth-order valence-corrected chi connectivity index (χ4v) is 6.24. The number of carbonyl (C=O) groups excluding carboxylic acids is 3. The fraction of sp³-hybridized carbons (Fsp3) is 0.375. The molecule has 0 aromatic heterocycles. The van der Waals surface area contributed by atoms with Gasteiger partial charge in [-0.25, -0.2) is 4.79 Å². The smallest absolute Gasteiger partial charge is 0.323 e. The predicted octanol–water partition coefficient (Wildman–Crippen LogP) is 7.05. The van der Waals surface area contributed by atoms with Crippen LogP contribution in [0, 0.1) is 5.92 Å². The molecule has 1 aliphatic rings. The standard InChI is InChI=1S/C40H48N4O6/c1-27-24-44(28(2)26-45)39(47)34-23-32(41-40(48)42-35-19-12-17-30-14-8-9-18-33(30)35)20-21-36(34)50-29(3)13-10-11-22-49-37(27)25-43(4)38(46)31-15-6-5-7-16-31/h5-9,12,14-21,23,27-29,37,45H,10-11,13,22,24-26H2,1-4H3,(H2,41,42,48)/t27-,28-,29+,37+/m0/s1. The molecule has 264 valence electrons. The molecule has 1 aliphatic heterocycles. The van der Waals surface area contributed by atoms with Gasteiger partial charge < -0.3 is 35.0 Å². The topological polar surface area (TPSA) is 120 Å². The van der Waals surface area contributed by atoms with Crippen molar-refractivity contribution in [2.75, 3.05) is 44.0 Å². The molecular weight excluding hydrogens is 632 g/mol. The average Bonchev–Trinajstić information content (AvgIpc) is 3.12. The molecule has 4 amide bonds. The van der Waals surface area contributed by atoms with Gasteiger partial charge in [-0.05, 0) is 74.9 Å². The van der Waals surface area contributed by atoms with E-state index in [-0.39, 0.29) is 48.7 Å². The van der Waals surface area contributed by atoms with Gasteiger partial charge in [-0.3, -0.25) is 9.59 Å². The Morgan fingerprint density at radius 1 is 0.960 bits per heavy atom. The van der Waals surface area contributed by atoms with E-state index in [1.807, 2.05) is 74.5 Å². The Morgan fingerprint density at radius 3 is 2.48 bits per heavy atom. The lowest BCUT2D eigenvalue weighted by atomic mass is 10.0. The van der Waals surface area contributed by atoms with E-state index in [1.54, 1.807) is 54.1 Å². The van der Waals surface area contributed by atoms with E-state index in [1.165, 1.54) is 0 Å². The van der Waals surface area contributed by atoms with Crippen molar-refractivity contribution in [3.63, 3.8) is 0 Å². The van der Waals surface area contributed by atoms with E-state index in [0.717, 1.165) is 30.0 Å². The number of likely N-dealkylation sites (N-methyl/N-ethyl adjacent to an activating group) is 1. The monoisotopic (exact) mass is 680 g/mol.